The molecule has 1 N–H and O–H groups in total. The fourth-order valence-corrected chi connectivity index (χ4v) is 5.02. The van der Waals surface area contributed by atoms with Gasteiger partial charge in [0.15, 0.2) is 0 Å². The summed E-state index contributed by atoms with van der Waals surface area (Å²) in [4.78, 5) is 38.9. The molecule has 0 bridgehead atoms. The predicted octanol–water partition coefficient (Wildman–Crippen LogP) is 6.38. The van der Waals surface area contributed by atoms with E-state index < -0.39 is 28.4 Å². The SMILES string of the molecule is Cc1cccc(Oc2ccc(N3C(=O)C(=O)/C(=C(\O)c4ccc([N+](=O)[O-])cc4)C3c3cccs3)cc2)c1. The first kappa shape index (κ1) is 24.0. The molecule has 1 aliphatic rings. The van der Waals surface area contributed by atoms with Crippen LogP contribution in [0.15, 0.2) is 95.9 Å². The number of nitro benzene ring substituents is 1. The number of rotatable bonds is 6. The van der Waals surface area contributed by atoms with Gasteiger partial charge in [-0.3, -0.25) is 24.6 Å². The number of aryl methyl sites for hydroxylation is 1. The van der Waals surface area contributed by atoms with Crippen molar-refractivity contribution in [2.75, 3.05) is 4.90 Å². The Morgan fingerprint density at radius 3 is 2.32 bits per heavy atom. The first-order valence-corrected chi connectivity index (χ1v) is 12.2. The maximum Gasteiger partial charge on any atom is 0.300 e. The maximum atomic E-state index is 13.2. The van der Waals surface area contributed by atoms with Gasteiger partial charge in [-0.2, -0.15) is 0 Å². The minimum Gasteiger partial charge on any atom is -0.507 e. The van der Waals surface area contributed by atoms with Crippen LogP contribution < -0.4 is 9.64 Å². The van der Waals surface area contributed by atoms with Gasteiger partial charge in [-0.05, 0) is 72.5 Å². The summed E-state index contributed by atoms with van der Waals surface area (Å²) < 4.78 is 5.90. The summed E-state index contributed by atoms with van der Waals surface area (Å²) >= 11 is 1.35. The lowest BCUT2D eigenvalue weighted by atomic mass is 9.99. The van der Waals surface area contributed by atoms with Crippen LogP contribution >= 0.6 is 11.3 Å². The van der Waals surface area contributed by atoms with Gasteiger partial charge < -0.3 is 9.84 Å². The van der Waals surface area contributed by atoms with Crippen LogP contribution in [0.2, 0.25) is 0 Å². The molecule has 8 nitrogen and oxygen atoms in total. The minimum absolute atomic E-state index is 0.0820. The molecule has 1 atom stereocenters. The van der Waals surface area contributed by atoms with Crippen molar-refractivity contribution in [1.29, 1.82) is 0 Å². The van der Waals surface area contributed by atoms with Gasteiger partial charge >= 0.3 is 0 Å². The van der Waals surface area contributed by atoms with E-state index in [1.54, 1.807) is 36.4 Å². The number of anilines is 1. The molecule has 1 amide bonds. The van der Waals surface area contributed by atoms with Gasteiger partial charge in [0.2, 0.25) is 0 Å². The number of thiophene rings is 1. The summed E-state index contributed by atoms with van der Waals surface area (Å²) in [5.41, 5.74) is 1.48. The van der Waals surface area contributed by atoms with Crippen LogP contribution in [0, 0.1) is 17.0 Å². The van der Waals surface area contributed by atoms with Gasteiger partial charge in [0.25, 0.3) is 17.4 Å². The Morgan fingerprint density at radius 2 is 1.70 bits per heavy atom. The molecular formula is C28H20N2O6S. The number of aliphatic hydroxyl groups excluding tert-OH is 1. The lowest BCUT2D eigenvalue weighted by Crippen LogP contribution is -2.29. The fourth-order valence-electron chi connectivity index (χ4n) is 4.20. The van der Waals surface area contributed by atoms with Crippen LogP contribution in [-0.4, -0.2) is 21.7 Å². The Kier molecular flexibility index (Phi) is 6.29. The summed E-state index contributed by atoms with van der Waals surface area (Å²) in [6, 6.07) is 22.3. The van der Waals surface area contributed by atoms with Crippen LogP contribution in [0.25, 0.3) is 5.76 Å². The average Bonchev–Trinajstić information content (AvgIpc) is 3.51. The number of ether oxygens (including phenoxy) is 1. The number of nitrogens with zero attached hydrogens (tertiary/aromatic N) is 2. The average molecular weight is 513 g/mol. The summed E-state index contributed by atoms with van der Waals surface area (Å²) in [7, 11) is 0. The zero-order chi connectivity index (χ0) is 26.1. The molecule has 1 aliphatic heterocycles. The smallest absolute Gasteiger partial charge is 0.300 e. The van der Waals surface area contributed by atoms with E-state index in [0.29, 0.717) is 22.1 Å². The highest BCUT2D eigenvalue weighted by molar-refractivity contribution is 7.10. The number of amides is 1. The first-order valence-electron chi connectivity index (χ1n) is 11.3. The molecule has 1 saturated heterocycles. The van der Waals surface area contributed by atoms with Crippen molar-refractivity contribution in [1.82, 2.24) is 0 Å². The summed E-state index contributed by atoms with van der Waals surface area (Å²) in [6.45, 7) is 1.97. The van der Waals surface area contributed by atoms with E-state index in [0.717, 1.165) is 5.56 Å². The van der Waals surface area contributed by atoms with Gasteiger partial charge in [0.05, 0.1) is 10.5 Å². The second-order valence-electron chi connectivity index (χ2n) is 8.40. The van der Waals surface area contributed by atoms with Crippen molar-refractivity contribution in [3.63, 3.8) is 0 Å². The Bertz CT molecular complexity index is 1530. The normalized spacial score (nSPS) is 16.7. The fraction of sp³-hybridized carbons (Fsp3) is 0.0714. The first-order chi connectivity index (χ1) is 17.8. The Hall–Kier alpha value is -4.76. The number of Topliss-reactive ketones (excluding diaryl/α,β-unsaturated/α-hetero) is 1. The lowest BCUT2D eigenvalue weighted by Gasteiger charge is -2.24. The number of nitro groups is 1. The Morgan fingerprint density at radius 1 is 0.973 bits per heavy atom. The molecule has 4 aromatic rings. The van der Waals surface area contributed by atoms with Crippen molar-refractivity contribution in [3.05, 3.63) is 122 Å². The zero-order valence-corrected chi connectivity index (χ0v) is 20.3. The van der Waals surface area contributed by atoms with E-state index in [4.69, 9.17) is 4.74 Å². The summed E-state index contributed by atoms with van der Waals surface area (Å²) in [5, 5.41) is 23.9. The van der Waals surface area contributed by atoms with Crippen LogP contribution in [-0.2, 0) is 9.59 Å². The maximum absolute atomic E-state index is 13.2. The van der Waals surface area contributed by atoms with Gasteiger partial charge in [-0.1, -0.05) is 18.2 Å². The minimum atomic E-state index is -0.862. The zero-order valence-electron chi connectivity index (χ0n) is 19.5. The van der Waals surface area contributed by atoms with E-state index >= 15 is 0 Å². The van der Waals surface area contributed by atoms with E-state index in [2.05, 4.69) is 0 Å². The second kappa shape index (κ2) is 9.71. The van der Waals surface area contributed by atoms with Crippen molar-refractivity contribution >= 4 is 40.2 Å². The van der Waals surface area contributed by atoms with Crippen molar-refractivity contribution in [3.8, 4) is 11.5 Å². The lowest BCUT2D eigenvalue weighted by molar-refractivity contribution is -0.384. The quantitative estimate of drug-likeness (QED) is 0.105. The van der Waals surface area contributed by atoms with Crippen molar-refractivity contribution < 1.29 is 24.4 Å². The van der Waals surface area contributed by atoms with Gasteiger partial charge in [0, 0.05) is 28.3 Å². The van der Waals surface area contributed by atoms with E-state index in [-0.39, 0.29) is 16.8 Å². The number of aliphatic hydroxyl groups is 1. The molecule has 1 unspecified atom stereocenters. The molecular weight excluding hydrogens is 492 g/mol. The third kappa shape index (κ3) is 4.60. The largest absolute Gasteiger partial charge is 0.507 e. The number of hydrogen-bond acceptors (Lipinski definition) is 7. The standard InChI is InChI=1S/C28H20N2O6S/c1-17-4-2-5-22(16-17)36-21-13-11-19(12-14-21)29-25(23-6-3-15-37-23)24(27(32)28(29)33)26(31)18-7-9-20(10-8-18)30(34)35/h2-16,25,31H,1H3/b26-24-. The van der Waals surface area contributed by atoms with Crippen LogP contribution in [0.1, 0.15) is 22.0 Å². The highest BCUT2D eigenvalue weighted by Gasteiger charge is 2.47. The number of ketones is 1. The van der Waals surface area contributed by atoms with Crippen LogP contribution in [0.4, 0.5) is 11.4 Å². The molecule has 0 saturated carbocycles. The molecule has 0 spiro atoms. The molecule has 0 aliphatic carbocycles. The number of benzene rings is 3. The molecule has 1 aromatic heterocycles. The number of carbonyl (C=O) groups is 2. The molecule has 3 aromatic carbocycles. The molecule has 0 radical (unpaired) electrons. The summed E-state index contributed by atoms with van der Waals surface area (Å²) in [6.07, 6.45) is 0. The topological polar surface area (TPSA) is 110 Å². The van der Waals surface area contributed by atoms with Crippen LogP contribution in [0.3, 0.4) is 0 Å². The highest BCUT2D eigenvalue weighted by Crippen LogP contribution is 2.44. The van der Waals surface area contributed by atoms with Gasteiger partial charge in [0.1, 0.15) is 23.3 Å². The number of non-ortho nitro benzene ring substituents is 1. The molecule has 37 heavy (non-hydrogen) atoms. The van der Waals surface area contributed by atoms with Crippen LogP contribution in [0.5, 0.6) is 11.5 Å². The van der Waals surface area contributed by atoms with Gasteiger partial charge in [-0.15, -0.1) is 11.3 Å². The third-order valence-corrected chi connectivity index (χ3v) is 6.87. The van der Waals surface area contributed by atoms with E-state index in [1.807, 2.05) is 36.6 Å². The monoisotopic (exact) mass is 512 g/mol. The molecule has 9 heteroatoms. The second-order valence-corrected chi connectivity index (χ2v) is 9.38. The Balaban J connectivity index is 1.53. The predicted molar refractivity (Wildman–Crippen MR) is 140 cm³/mol. The molecule has 5 rings (SSSR count). The summed E-state index contributed by atoms with van der Waals surface area (Å²) in [5.74, 6) is -0.781. The Labute approximate surface area is 215 Å². The molecule has 184 valence electrons. The van der Waals surface area contributed by atoms with E-state index in [9.17, 15) is 24.8 Å². The van der Waals surface area contributed by atoms with Gasteiger partial charge in [-0.25, -0.2) is 0 Å². The number of carbonyl (C=O) groups excluding carboxylic acids is 2. The molecule has 2 heterocycles. The van der Waals surface area contributed by atoms with Crippen molar-refractivity contribution in [2.45, 2.75) is 13.0 Å². The van der Waals surface area contributed by atoms with E-state index in [1.165, 1.54) is 40.5 Å². The highest BCUT2D eigenvalue weighted by atomic mass is 32.1. The van der Waals surface area contributed by atoms with Crippen molar-refractivity contribution in [2.24, 2.45) is 0 Å². The third-order valence-electron chi connectivity index (χ3n) is 5.95. The molecule has 1 fully saturated rings. The number of hydrogen-bond donors (Lipinski definition) is 1.